The second kappa shape index (κ2) is 37.5. The van der Waals surface area contributed by atoms with Gasteiger partial charge in [-0.3, -0.25) is 14.4 Å². The van der Waals surface area contributed by atoms with Crippen molar-refractivity contribution in [3.05, 3.63) is 65.7 Å². The van der Waals surface area contributed by atoms with Gasteiger partial charge in [0.1, 0.15) is 5.75 Å². The maximum Gasteiger partial charge on any atom is 0.311 e. The lowest BCUT2D eigenvalue weighted by Gasteiger charge is -2.06. The van der Waals surface area contributed by atoms with Crippen LogP contribution in [-0.2, 0) is 9.59 Å². The van der Waals surface area contributed by atoms with Gasteiger partial charge in [-0.2, -0.15) is 0 Å². The lowest BCUT2D eigenvalue weighted by molar-refractivity contribution is -0.134. The number of ether oxygens (including phenoxy) is 1. The van der Waals surface area contributed by atoms with Crippen LogP contribution in [0.4, 0.5) is 0 Å². The fourth-order valence-corrected chi connectivity index (χ4v) is 7.02. The highest BCUT2D eigenvalue weighted by molar-refractivity contribution is 6.63. The van der Waals surface area contributed by atoms with Crippen LogP contribution in [-0.4, -0.2) is 17.0 Å². The zero-order valence-corrected chi connectivity index (χ0v) is 35.6. The van der Waals surface area contributed by atoms with E-state index in [9.17, 15) is 14.4 Å². The molecule has 0 saturated carbocycles. The molecule has 0 saturated heterocycles. The summed E-state index contributed by atoms with van der Waals surface area (Å²) in [5.41, 5.74) is 1.24. The van der Waals surface area contributed by atoms with Gasteiger partial charge in [-0.05, 0) is 48.7 Å². The molecule has 0 N–H and O–H groups in total. The van der Waals surface area contributed by atoms with E-state index in [1.807, 2.05) is 18.2 Å². The Labute approximate surface area is 337 Å². The van der Waals surface area contributed by atoms with Crippen molar-refractivity contribution in [3.63, 3.8) is 0 Å². The Balaban J connectivity index is 0.000000623. The summed E-state index contributed by atoms with van der Waals surface area (Å²) >= 11 is 5.30. The van der Waals surface area contributed by atoms with Gasteiger partial charge in [0.05, 0.1) is 0 Å². The second-order valence-electron chi connectivity index (χ2n) is 15.4. The number of ketones is 1. The average molecular weight is 768 g/mol. The largest absolute Gasteiger partial charge is 0.427 e. The van der Waals surface area contributed by atoms with Crippen molar-refractivity contribution in [2.45, 2.75) is 219 Å². The SMILES string of the molecule is CCCCCCCCCCCCCCCCCC(=O)Cl.CCCCCCCCCCCCCCCCCC(=O)Oc1ccc(C(=O)c2ccccc2)cc1. The average Bonchev–Trinajstić information content (AvgIpc) is 3.18. The van der Waals surface area contributed by atoms with Crippen molar-refractivity contribution in [1.29, 1.82) is 0 Å². The third-order valence-corrected chi connectivity index (χ3v) is 10.5. The summed E-state index contributed by atoms with van der Waals surface area (Å²) in [5, 5.41) is -0.181. The fraction of sp³-hybridized carbons (Fsp3) is 0.694. The third kappa shape index (κ3) is 30.8. The van der Waals surface area contributed by atoms with E-state index in [0.29, 0.717) is 29.7 Å². The van der Waals surface area contributed by atoms with Crippen molar-refractivity contribution < 1.29 is 19.1 Å². The summed E-state index contributed by atoms with van der Waals surface area (Å²) in [4.78, 5) is 35.1. The lowest BCUT2D eigenvalue weighted by atomic mass is 10.0. The normalized spacial score (nSPS) is 10.9. The Kier molecular flexibility index (Phi) is 34.4. The van der Waals surface area contributed by atoms with E-state index < -0.39 is 0 Å². The summed E-state index contributed by atoms with van der Waals surface area (Å²) in [5.74, 6) is 0.267. The fourth-order valence-electron chi connectivity index (χ4n) is 6.89. The Morgan fingerprint density at radius 1 is 0.407 bits per heavy atom. The number of hydrogen-bond acceptors (Lipinski definition) is 4. The van der Waals surface area contributed by atoms with Crippen molar-refractivity contribution in [2.24, 2.45) is 0 Å². The predicted octanol–water partition coefficient (Wildman–Crippen LogP) is 16.1. The minimum atomic E-state index is -0.197. The quantitative estimate of drug-likeness (QED) is 0.0230. The molecule has 0 aliphatic carbocycles. The van der Waals surface area contributed by atoms with Crippen LogP contribution < -0.4 is 4.74 Å². The molecular weight excluding hydrogens is 688 g/mol. The molecule has 0 radical (unpaired) electrons. The topological polar surface area (TPSA) is 60.4 Å². The van der Waals surface area contributed by atoms with Crippen molar-refractivity contribution in [2.75, 3.05) is 0 Å². The summed E-state index contributed by atoms with van der Waals surface area (Å²) in [6.07, 6.45) is 40.9. The van der Waals surface area contributed by atoms with E-state index in [1.165, 1.54) is 167 Å². The Morgan fingerprint density at radius 2 is 0.722 bits per heavy atom. The van der Waals surface area contributed by atoms with Gasteiger partial charge in [0, 0.05) is 24.0 Å². The van der Waals surface area contributed by atoms with Gasteiger partial charge in [-0.1, -0.05) is 224 Å². The first-order valence-electron chi connectivity index (χ1n) is 22.6. The number of hydrogen-bond donors (Lipinski definition) is 0. The first-order chi connectivity index (χ1) is 26.5. The molecule has 2 aromatic rings. The molecule has 0 aromatic heterocycles. The zero-order chi connectivity index (χ0) is 39.2. The van der Waals surface area contributed by atoms with Crippen LogP contribution in [0.25, 0.3) is 0 Å². The molecule has 0 aliphatic rings. The van der Waals surface area contributed by atoms with Crippen molar-refractivity contribution in [1.82, 2.24) is 0 Å². The number of carbonyl (C=O) groups is 3. The third-order valence-electron chi connectivity index (χ3n) is 10.3. The number of benzene rings is 2. The molecule has 4 nitrogen and oxygen atoms in total. The molecule has 5 heteroatoms. The maximum atomic E-state index is 12.4. The van der Waals surface area contributed by atoms with Crippen LogP contribution in [0, 0.1) is 0 Å². The standard InChI is InChI=1S/C31H44O3.C18H35ClO/c1-2-3-4-5-6-7-8-9-10-11-12-13-14-15-19-22-30(32)34-29-25-23-28(24-26-29)31(33)27-20-17-16-18-21-27;1-2-3-4-5-6-7-8-9-10-11-12-13-14-15-16-17-18(19)20/h16-18,20-21,23-26H,2-15,19,22H2,1H3;2-17H2,1H3. The first-order valence-corrected chi connectivity index (χ1v) is 22.9. The molecule has 0 bridgehead atoms. The molecule has 0 aliphatic heterocycles. The van der Waals surface area contributed by atoms with Gasteiger partial charge in [0.2, 0.25) is 5.24 Å². The van der Waals surface area contributed by atoms with Crippen LogP contribution in [0.3, 0.4) is 0 Å². The highest BCUT2D eigenvalue weighted by Gasteiger charge is 2.10. The van der Waals surface area contributed by atoms with Crippen LogP contribution in [0.15, 0.2) is 54.6 Å². The van der Waals surface area contributed by atoms with Gasteiger partial charge in [0.25, 0.3) is 0 Å². The minimum absolute atomic E-state index is 0.0312. The molecule has 306 valence electrons. The van der Waals surface area contributed by atoms with Crippen LogP contribution >= 0.6 is 11.6 Å². The number of rotatable bonds is 35. The minimum Gasteiger partial charge on any atom is -0.427 e. The Bertz CT molecular complexity index is 1150. The molecule has 0 spiro atoms. The van der Waals surface area contributed by atoms with Gasteiger partial charge in [-0.25, -0.2) is 0 Å². The molecule has 0 atom stereocenters. The lowest BCUT2D eigenvalue weighted by Crippen LogP contribution is -2.08. The first kappa shape index (κ1) is 49.6. The van der Waals surface area contributed by atoms with Crippen molar-refractivity contribution >= 4 is 28.6 Å². The molecule has 2 aromatic carbocycles. The summed E-state index contributed by atoms with van der Waals surface area (Å²) < 4.78 is 5.42. The molecule has 2 rings (SSSR count). The molecule has 0 unspecified atom stereocenters. The van der Waals surface area contributed by atoms with E-state index in [1.54, 1.807) is 36.4 Å². The summed E-state index contributed by atoms with van der Waals surface area (Å²) in [7, 11) is 0. The van der Waals surface area contributed by atoms with E-state index >= 15 is 0 Å². The van der Waals surface area contributed by atoms with Crippen molar-refractivity contribution in [3.8, 4) is 5.75 Å². The second-order valence-corrected chi connectivity index (χ2v) is 15.9. The molecule has 0 heterocycles. The van der Waals surface area contributed by atoms with Gasteiger partial charge in [0.15, 0.2) is 5.78 Å². The monoisotopic (exact) mass is 767 g/mol. The van der Waals surface area contributed by atoms with Crippen LogP contribution in [0.1, 0.15) is 235 Å². The smallest absolute Gasteiger partial charge is 0.311 e. The maximum absolute atomic E-state index is 12.4. The zero-order valence-electron chi connectivity index (χ0n) is 34.8. The summed E-state index contributed by atoms with van der Waals surface area (Å²) in [6, 6.07) is 16.0. The number of carbonyl (C=O) groups excluding carboxylic acids is 3. The predicted molar refractivity (Wildman–Crippen MR) is 232 cm³/mol. The molecular formula is C49H79ClO4. The molecule has 54 heavy (non-hydrogen) atoms. The van der Waals surface area contributed by atoms with Gasteiger partial charge >= 0.3 is 5.97 Å². The highest BCUT2D eigenvalue weighted by atomic mass is 35.5. The molecule has 0 amide bonds. The van der Waals surface area contributed by atoms with Gasteiger partial charge < -0.3 is 4.74 Å². The van der Waals surface area contributed by atoms with Crippen LogP contribution in [0.5, 0.6) is 5.75 Å². The van der Waals surface area contributed by atoms with E-state index in [2.05, 4.69) is 13.8 Å². The number of unbranched alkanes of at least 4 members (excludes halogenated alkanes) is 28. The van der Waals surface area contributed by atoms with Gasteiger partial charge in [-0.15, -0.1) is 0 Å². The van der Waals surface area contributed by atoms with E-state index in [4.69, 9.17) is 16.3 Å². The Hall–Kier alpha value is -2.46. The number of halogens is 1. The number of esters is 1. The van der Waals surface area contributed by atoms with E-state index in [0.717, 1.165) is 25.7 Å². The van der Waals surface area contributed by atoms with Crippen LogP contribution in [0.2, 0.25) is 0 Å². The molecule has 0 fully saturated rings. The van der Waals surface area contributed by atoms with E-state index in [-0.39, 0.29) is 17.0 Å². The summed E-state index contributed by atoms with van der Waals surface area (Å²) in [6.45, 7) is 4.55. The Morgan fingerprint density at radius 3 is 1.07 bits per heavy atom. The highest BCUT2D eigenvalue weighted by Crippen LogP contribution is 2.18.